The topological polar surface area (TPSA) is 78.5 Å². The van der Waals surface area contributed by atoms with Gasteiger partial charge in [0.2, 0.25) is 5.91 Å². The summed E-state index contributed by atoms with van der Waals surface area (Å²) in [5, 5.41) is 3.58. The minimum atomic E-state index is -0.884. The van der Waals surface area contributed by atoms with Crippen molar-refractivity contribution in [2.24, 2.45) is 11.8 Å². The normalized spacial score (nSPS) is 33.3. The van der Waals surface area contributed by atoms with Gasteiger partial charge in [0.1, 0.15) is 11.4 Å². The summed E-state index contributed by atoms with van der Waals surface area (Å²) >= 11 is 0. The Balaban J connectivity index is 1.42. The lowest BCUT2D eigenvalue weighted by atomic mass is 9.77. The molecule has 3 fully saturated rings. The van der Waals surface area contributed by atoms with Crippen molar-refractivity contribution >= 4 is 17.8 Å². The molecular formula is C19H22FN3O3. The monoisotopic (exact) mass is 359 g/mol. The predicted octanol–water partition coefficient (Wildman–Crippen LogP) is 2.46. The highest BCUT2D eigenvalue weighted by Gasteiger charge is 2.54. The number of hydrogen-bond donors (Lipinski definition) is 2. The Morgan fingerprint density at radius 3 is 2.65 bits per heavy atom. The number of urea groups is 1. The van der Waals surface area contributed by atoms with E-state index in [1.807, 2.05) is 0 Å². The highest BCUT2D eigenvalue weighted by molar-refractivity contribution is 6.08. The summed E-state index contributed by atoms with van der Waals surface area (Å²) in [6.07, 6.45) is 3.43. The largest absolute Gasteiger partial charge is 0.344 e. The lowest BCUT2D eigenvalue weighted by Gasteiger charge is -2.33. The molecule has 1 saturated heterocycles. The van der Waals surface area contributed by atoms with E-state index < -0.39 is 23.4 Å². The molecule has 7 heteroatoms. The first-order valence-electron chi connectivity index (χ1n) is 9.13. The fraction of sp³-hybridized carbons (Fsp3) is 0.526. The molecule has 26 heavy (non-hydrogen) atoms. The number of carbonyl (C=O) groups excluding carboxylic acids is 3. The van der Waals surface area contributed by atoms with Crippen molar-refractivity contribution in [3.05, 3.63) is 35.6 Å². The number of imide groups is 1. The number of nitrogens with zero attached hydrogens (tertiary/aromatic N) is 1. The lowest BCUT2D eigenvalue weighted by molar-refractivity contribution is -0.140. The molecule has 6 nitrogen and oxygen atoms in total. The van der Waals surface area contributed by atoms with Crippen LogP contribution in [0.2, 0.25) is 0 Å². The molecule has 0 bridgehead atoms. The molecule has 138 valence electrons. The Morgan fingerprint density at radius 2 is 1.96 bits per heavy atom. The third-order valence-corrected chi connectivity index (χ3v) is 5.94. The van der Waals surface area contributed by atoms with Crippen LogP contribution in [0.5, 0.6) is 0 Å². The van der Waals surface area contributed by atoms with Crippen molar-refractivity contribution in [1.29, 1.82) is 0 Å². The SMILES string of the molecule is CC1CCC2(CC1)NC(=O)N(NC(=O)C1CC1c1ccccc1F)C2=O. The van der Waals surface area contributed by atoms with Gasteiger partial charge in [-0.2, -0.15) is 5.01 Å². The number of carbonyl (C=O) groups is 3. The Labute approximate surface area is 151 Å². The molecule has 1 aromatic carbocycles. The van der Waals surface area contributed by atoms with E-state index in [-0.39, 0.29) is 17.6 Å². The number of rotatable bonds is 3. The maximum Gasteiger partial charge on any atom is 0.344 e. The van der Waals surface area contributed by atoms with E-state index in [1.165, 1.54) is 6.07 Å². The zero-order chi connectivity index (χ0) is 18.5. The summed E-state index contributed by atoms with van der Waals surface area (Å²) in [5.74, 6) is -1.23. The molecule has 0 radical (unpaired) electrons. The van der Waals surface area contributed by atoms with Gasteiger partial charge in [-0.3, -0.25) is 15.0 Å². The molecule has 2 atom stereocenters. The Morgan fingerprint density at radius 1 is 1.27 bits per heavy atom. The summed E-state index contributed by atoms with van der Waals surface area (Å²) in [7, 11) is 0. The van der Waals surface area contributed by atoms with E-state index in [9.17, 15) is 18.8 Å². The second kappa shape index (κ2) is 6.07. The van der Waals surface area contributed by atoms with Gasteiger partial charge in [-0.25, -0.2) is 9.18 Å². The van der Waals surface area contributed by atoms with Crippen molar-refractivity contribution < 1.29 is 18.8 Å². The molecule has 2 unspecified atom stereocenters. The fourth-order valence-corrected chi connectivity index (χ4v) is 4.11. The van der Waals surface area contributed by atoms with Crippen LogP contribution < -0.4 is 10.7 Å². The average Bonchev–Trinajstić information content (AvgIpc) is 3.38. The van der Waals surface area contributed by atoms with Crippen LogP contribution in [0.3, 0.4) is 0 Å². The molecule has 4 amide bonds. The number of nitrogens with one attached hydrogen (secondary N) is 2. The van der Waals surface area contributed by atoms with E-state index in [1.54, 1.807) is 18.2 Å². The fourth-order valence-electron chi connectivity index (χ4n) is 4.11. The standard InChI is InChI=1S/C19H22FN3O3/c1-11-6-8-19(9-7-11)17(25)23(18(26)21-19)22-16(24)14-10-13(14)12-4-2-3-5-15(12)20/h2-5,11,13-14H,6-10H2,1H3,(H,21,26)(H,22,24). The van der Waals surface area contributed by atoms with E-state index in [0.29, 0.717) is 30.7 Å². The molecule has 3 aliphatic rings. The van der Waals surface area contributed by atoms with E-state index in [0.717, 1.165) is 17.9 Å². The smallest absolute Gasteiger partial charge is 0.322 e. The second-order valence-corrected chi connectivity index (χ2v) is 7.78. The minimum absolute atomic E-state index is 0.207. The number of halogens is 1. The number of benzene rings is 1. The third-order valence-electron chi connectivity index (χ3n) is 5.94. The number of hydrazine groups is 1. The maximum atomic E-state index is 13.9. The summed E-state index contributed by atoms with van der Waals surface area (Å²) < 4.78 is 13.9. The van der Waals surface area contributed by atoms with Crippen LogP contribution in [-0.4, -0.2) is 28.4 Å². The average molecular weight is 359 g/mol. The van der Waals surface area contributed by atoms with Crippen molar-refractivity contribution in [2.45, 2.75) is 50.5 Å². The molecule has 1 spiro atoms. The van der Waals surface area contributed by atoms with Gasteiger partial charge in [-0.15, -0.1) is 0 Å². The number of hydrogen-bond acceptors (Lipinski definition) is 3. The molecule has 2 saturated carbocycles. The number of amides is 4. The summed E-state index contributed by atoms with van der Waals surface area (Å²) in [4.78, 5) is 37.5. The third kappa shape index (κ3) is 2.75. The van der Waals surface area contributed by atoms with Crippen LogP contribution in [0, 0.1) is 17.7 Å². The lowest BCUT2D eigenvalue weighted by Crippen LogP contribution is -2.51. The van der Waals surface area contributed by atoms with Gasteiger partial charge in [-0.05, 0) is 55.6 Å². The predicted molar refractivity (Wildman–Crippen MR) is 91.1 cm³/mol. The molecule has 2 N–H and O–H groups in total. The summed E-state index contributed by atoms with van der Waals surface area (Å²) in [5.41, 5.74) is 2.07. The Kier molecular flexibility index (Phi) is 3.97. The Bertz CT molecular complexity index is 773. The van der Waals surface area contributed by atoms with Gasteiger partial charge in [0.25, 0.3) is 5.91 Å². The molecule has 1 heterocycles. The van der Waals surface area contributed by atoms with Crippen LogP contribution in [0.15, 0.2) is 24.3 Å². The van der Waals surface area contributed by atoms with Crippen LogP contribution in [0.25, 0.3) is 0 Å². The zero-order valence-corrected chi connectivity index (χ0v) is 14.6. The first kappa shape index (κ1) is 17.0. The van der Waals surface area contributed by atoms with Crippen LogP contribution in [0.1, 0.15) is 50.5 Å². The van der Waals surface area contributed by atoms with Crippen LogP contribution in [0.4, 0.5) is 9.18 Å². The van der Waals surface area contributed by atoms with Crippen LogP contribution in [-0.2, 0) is 9.59 Å². The van der Waals surface area contributed by atoms with Crippen molar-refractivity contribution in [3.8, 4) is 0 Å². The molecule has 1 aliphatic heterocycles. The quantitative estimate of drug-likeness (QED) is 0.814. The summed E-state index contributed by atoms with van der Waals surface area (Å²) in [6.45, 7) is 2.13. The van der Waals surface area contributed by atoms with Crippen molar-refractivity contribution in [3.63, 3.8) is 0 Å². The van der Waals surface area contributed by atoms with Gasteiger partial charge < -0.3 is 5.32 Å². The van der Waals surface area contributed by atoms with E-state index in [2.05, 4.69) is 17.7 Å². The van der Waals surface area contributed by atoms with Gasteiger partial charge in [0.15, 0.2) is 0 Å². The van der Waals surface area contributed by atoms with Gasteiger partial charge in [0, 0.05) is 5.92 Å². The first-order chi connectivity index (χ1) is 12.4. The second-order valence-electron chi connectivity index (χ2n) is 7.78. The minimum Gasteiger partial charge on any atom is -0.322 e. The van der Waals surface area contributed by atoms with Crippen molar-refractivity contribution in [1.82, 2.24) is 15.8 Å². The van der Waals surface area contributed by atoms with Gasteiger partial charge in [0.05, 0.1) is 0 Å². The van der Waals surface area contributed by atoms with Gasteiger partial charge >= 0.3 is 6.03 Å². The maximum absolute atomic E-state index is 13.9. The first-order valence-corrected chi connectivity index (χ1v) is 9.13. The molecule has 2 aliphatic carbocycles. The zero-order valence-electron chi connectivity index (χ0n) is 14.6. The van der Waals surface area contributed by atoms with Crippen LogP contribution >= 0.6 is 0 Å². The molecular weight excluding hydrogens is 337 g/mol. The molecule has 4 rings (SSSR count). The van der Waals surface area contributed by atoms with E-state index in [4.69, 9.17) is 0 Å². The van der Waals surface area contributed by atoms with Gasteiger partial charge in [-0.1, -0.05) is 25.1 Å². The highest BCUT2D eigenvalue weighted by atomic mass is 19.1. The van der Waals surface area contributed by atoms with E-state index >= 15 is 0 Å². The molecule has 0 aromatic heterocycles. The Hall–Kier alpha value is -2.44. The molecule has 1 aromatic rings. The highest BCUT2D eigenvalue weighted by Crippen LogP contribution is 2.48. The van der Waals surface area contributed by atoms with Crippen molar-refractivity contribution in [2.75, 3.05) is 0 Å². The summed E-state index contributed by atoms with van der Waals surface area (Å²) in [6, 6.07) is 5.79.